The van der Waals surface area contributed by atoms with E-state index in [1.807, 2.05) is 73.5 Å². The summed E-state index contributed by atoms with van der Waals surface area (Å²) in [4.78, 5) is 43.8. The highest BCUT2D eigenvalue weighted by molar-refractivity contribution is 6.03. The van der Waals surface area contributed by atoms with Gasteiger partial charge >= 0.3 is 0 Å². The smallest absolute Gasteiger partial charge is 0.274 e. The standard InChI is InChI=1S/2C23H26N6O2/c2*1-15-10-19(27-21(25-15)16-6-7-16)22(30)26-18-5-3-4-17(11-18)23(8-9-31-13-23)12-20-28-24-14-29(20)2/h2*3-5,10-11,14,16H,6-9,12-13H2,1-2H3,(H,26,30)/t2*23-/m10/s1. The van der Waals surface area contributed by atoms with Crippen molar-refractivity contribution < 1.29 is 19.1 Å². The fourth-order valence-corrected chi connectivity index (χ4v) is 8.40. The molecular formula is C46H52N12O4. The van der Waals surface area contributed by atoms with Crippen LogP contribution >= 0.6 is 0 Å². The molecule has 0 bridgehead atoms. The van der Waals surface area contributed by atoms with Crippen LogP contribution in [-0.4, -0.2) is 87.7 Å². The SMILES string of the molecule is Cc1cc(C(=O)Nc2cccc([C@@]3(Cc4nncn4C)CCOC3)c2)nc(C2CC2)n1.Cc1cc(C(=O)Nc2cccc([C@]3(Cc4nncn4C)CCOC3)c2)nc(C2CC2)n1. The second kappa shape index (κ2) is 17.2. The van der Waals surface area contributed by atoms with Gasteiger partial charge in [-0.1, -0.05) is 24.3 Å². The summed E-state index contributed by atoms with van der Waals surface area (Å²) in [6.07, 6.45) is 11.1. The lowest BCUT2D eigenvalue weighted by Gasteiger charge is -2.28. The Hall–Kier alpha value is -6.26. The van der Waals surface area contributed by atoms with Crippen LogP contribution < -0.4 is 10.6 Å². The highest BCUT2D eigenvalue weighted by Crippen LogP contribution is 2.40. The normalized spacial score (nSPS) is 20.7. The first-order chi connectivity index (χ1) is 30.0. The van der Waals surface area contributed by atoms with Crippen LogP contribution in [0.25, 0.3) is 0 Å². The van der Waals surface area contributed by atoms with Gasteiger partial charge in [0, 0.05) is 85.6 Å². The number of benzene rings is 2. The molecule has 320 valence electrons. The highest BCUT2D eigenvalue weighted by Gasteiger charge is 2.40. The van der Waals surface area contributed by atoms with E-state index in [9.17, 15) is 9.59 Å². The number of rotatable bonds is 12. The second-order valence-corrected chi connectivity index (χ2v) is 17.4. The Bertz CT molecular complexity index is 2410. The average molecular weight is 837 g/mol. The number of aryl methyl sites for hydroxylation is 4. The van der Waals surface area contributed by atoms with Gasteiger partial charge in [-0.3, -0.25) is 9.59 Å². The van der Waals surface area contributed by atoms with Crippen LogP contribution in [0, 0.1) is 13.8 Å². The van der Waals surface area contributed by atoms with Gasteiger partial charge in [-0.2, -0.15) is 0 Å². The number of hydrogen-bond acceptors (Lipinski definition) is 12. The van der Waals surface area contributed by atoms with Gasteiger partial charge in [0.1, 0.15) is 47.3 Å². The molecule has 4 fully saturated rings. The summed E-state index contributed by atoms with van der Waals surface area (Å²) >= 11 is 0. The van der Waals surface area contributed by atoms with E-state index in [2.05, 4.69) is 63.1 Å². The minimum Gasteiger partial charge on any atom is -0.380 e. The van der Waals surface area contributed by atoms with Crippen LogP contribution in [0.5, 0.6) is 0 Å². The maximum atomic E-state index is 12.9. The number of nitrogens with zero attached hydrogens (tertiary/aromatic N) is 10. The maximum Gasteiger partial charge on any atom is 0.274 e. The molecule has 2 saturated carbocycles. The molecular weight excluding hydrogens is 785 g/mol. The molecule has 2 N–H and O–H groups in total. The first-order valence-electron chi connectivity index (χ1n) is 21.4. The summed E-state index contributed by atoms with van der Waals surface area (Å²) in [7, 11) is 3.91. The molecule has 62 heavy (non-hydrogen) atoms. The van der Waals surface area contributed by atoms with E-state index < -0.39 is 0 Å². The summed E-state index contributed by atoms with van der Waals surface area (Å²) < 4.78 is 15.5. The number of anilines is 2. The number of ether oxygens (including phenoxy) is 2. The van der Waals surface area contributed by atoms with E-state index in [-0.39, 0.29) is 22.6 Å². The van der Waals surface area contributed by atoms with Crippen molar-refractivity contribution in [3.8, 4) is 0 Å². The third kappa shape index (κ3) is 9.16. The van der Waals surface area contributed by atoms with Crippen LogP contribution in [0.15, 0.2) is 73.3 Å². The Labute approximate surface area is 360 Å². The number of aromatic nitrogens is 10. The zero-order valence-corrected chi connectivity index (χ0v) is 35.7. The summed E-state index contributed by atoms with van der Waals surface area (Å²) in [5, 5.41) is 22.6. The quantitative estimate of drug-likeness (QED) is 0.149. The molecule has 2 amide bonds. The third-order valence-corrected chi connectivity index (χ3v) is 12.4. The molecule has 16 heteroatoms. The van der Waals surface area contributed by atoms with Crippen LogP contribution in [0.4, 0.5) is 11.4 Å². The van der Waals surface area contributed by atoms with E-state index >= 15 is 0 Å². The Kier molecular flexibility index (Phi) is 11.4. The summed E-state index contributed by atoms with van der Waals surface area (Å²) in [6, 6.07) is 19.5. The molecule has 2 aliphatic heterocycles. The monoisotopic (exact) mass is 836 g/mol. The van der Waals surface area contributed by atoms with Gasteiger partial charge in [-0.25, -0.2) is 19.9 Å². The van der Waals surface area contributed by atoms with E-state index in [1.54, 1.807) is 24.8 Å². The van der Waals surface area contributed by atoms with E-state index in [0.717, 1.165) is 109 Å². The topological polar surface area (TPSA) is 190 Å². The lowest BCUT2D eigenvalue weighted by Crippen LogP contribution is -2.31. The van der Waals surface area contributed by atoms with Gasteiger partial charge < -0.3 is 29.2 Å². The van der Waals surface area contributed by atoms with E-state index in [4.69, 9.17) is 9.47 Å². The van der Waals surface area contributed by atoms with Gasteiger partial charge in [0.25, 0.3) is 11.8 Å². The van der Waals surface area contributed by atoms with E-state index in [0.29, 0.717) is 49.7 Å². The fourth-order valence-electron chi connectivity index (χ4n) is 8.40. The molecule has 0 radical (unpaired) electrons. The minimum absolute atomic E-state index is 0.188. The van der Waals surface area contributed by atoms with Crippen LogP contribution in [0.3, 0.4) is 0 Å². The van der Waals surface area contributed by atoms with Crippen molar-refractivity contribution in [2.75, 3.05) is 37.1 Å². The molecule has 16 nitrogen and oxygen atoms in total. The molecule has 0 unspecified atom stereocenters. The van der Waals surface area contributed by atoms with Crippen molar-refractivity contribution >= 4 is 23.2 Å². The van der Waals surface area contributed by atoms with Crippen LogP contribution in [0.2, 0.25) is 0 Å². The summed E-state index contributed by atoms with van der Waals surface area (Å²) in [5.41, 5.74) is 5.84. The zero-order valence-electron chi connectivity index (χ0n) is 35.7. The van der Waals surface area contributed by atoms with Crippen molar-refractivity contribution in [3.05, 3.63) is 131 Å². The second-order valence-electron chi connectivity index (χ2n) is 17.4. The predicted octanol–water partition coefficient (Wildman–Crippen LogP) is 5.89. The molecule has 2 atom stereocenters. The Morgan fingerprint density at radius 1 is 0.645 bits per heavy atom. The predicted molar refractivity (Wildman–Crippen MR) is 230 cm³/mol. The van der Waals surface area contributed by atoms with Crippen LogP contribution in [0.1, 0.15) is 117 Å². The Balaban J connectivity index is 0.000000158. The van der Waals surface area contributed by atoms with Crippen molar-refractivity contribution in [1.29, 1.82) is 0 Å². The van der Waals surface area contributed by atoms with Crippen molar-refractivity contribution in [2.45, 2.75) is 87.9 Å². The third-order valence-electron chi connectivity index (χ3n) is 12.4. The molecule has 2 aromatic carbocycles. The van der Waals surface area contributed by atoms with E-state index in [1.165, 1.54) is 0 Å². The molecule has 4 aromatic heterocycles. The lowest BCUT2D eigenvalue weighted by atomic mass is 9.76. The fraction of sp³-hybridized carbons (Fsp3) is 0.435. The molecule has 6 aromatic rings. The molecule has 0 spiro atoms. The van der Waals surface area contributed by atoms with Crippen molar-refractivity contribution in [1.82, 2.24) is 49.5 Å². The molecule has 6 heterocycles. The van der Waals surface area contributed by atoms with Gasteiger partial charge in [0.2, 0.25) is 0 Å². The Morgan fingerprint density at radius 2 is 1.08 bits per heavy atom. The highest BCUT2D eigenvalue weighted by atomic mass is 16.5. The summed E-state index contributed by atoms with van der Waals surface area (Å²) in [6.45, 7) is 6.46. The number of carbonyl (C=O) groups is 2. The average Bonchev–Trinajstić information content (AvgIpc) is 4.11. The van der Waals surface area contributed by atoms with Crippen molar-refractivity contribution in [2.24, 2.45) is 14.1 Å². The van der Waals surface area contributed by atoms with Gasteiger partial charge in [-0.15, -0.1) is 20.4 Å². The first-order valence-corrected chi connectivity index (χ1v) is 21.4. The molecule has 4 aliphatic rings. The lowest BCUT2D eigenvalue weighted by molar-refractivity contribution is 0.101. The first kappa shape index (κ1) is 41.1. The number of nitrogens with one attached hydrogen (secondary N) is 2. The number of amides is 2. The van der Waals surface area contributed by atoms with Crippen LogP contribution in [-0.2, 0) is 47.2 Å². The summed E-state index contributed by atoms with van der Waals surface area (Å²) in [5.74, 6) is 3.78. The largest absolute Gasteiger partial charge is 0.380 e. The molecule has 10 rings (SSSR count). The minimum atomic E-state index is -0.213. The zero-order chi connectivity index (χ0) is 42.8. The molecule has 2 saturated heterocycles. The van der Waals surface area contributed by atoms with Gasteiger partial charge in [-0.05, 0) is 99.9 Å². The maximum absolute atomic E-state index is 12.9. The van der Waals surface area contributed by atoms with Gasteiger partial charge in [0.15, 0.2) is 0 Å². The van der Waals surface area contributed by atoms with Gasteiger partial charge in [0.05, 0.1) is 13.2 Å². The number of hydrogen-bond donors (Lipinski definition) is 2. The Morgan fingerprint density at radius 3 is 1.44 bits per heavy atom. The molecule has 2 aliphatic carbocycles. The number of carbonyl (C=O) groups excluding carboxylic acids is 2. The van der Waals surface area contributed by atoms with Crippen molar-refractivity contribution in [3.63, 3.8) is 0 Å².